The number of amides is 2. The van der Waals surface area contributed by atoms with Gasteiger partial charge in [-0.3, -0.25) is 14.5 Å². The van der Waals surface area contributed by atoms with Crippen molar-refractivity contribution in [2.75, 3.05) is 12.4 Å². The number of carbonyl (C=O) groups excluding carboxylic acids is 3. The van der Waals surface area contributed by atoms with E-state index in [4.69, 9.17) is 9.47 Å². The van der Waals surface area contributed by atoms with Gasteiger partial charge >= 0.3 is 5.97 Å². The molecule has 2 aliphatic rings. The molecule has 1 N–H and O–H groups in total. The van der Waals surface area contributed by atoms with Crippen LogP contribution < -0.4 is 26.0 Å². The molecule has 56 heavy (non-hydrogen) atoms. The Balaban J connectivity index is 1.25. The summed E-state index contributed by atoms with van der Waals surface area (Å²) in [5.74, 6) is 1.77. The largest absolute Gasteiger partial charge is 0.484 e. The number of hydrogen-bond donors (Lipinski definition) is 1. The minimum atomic E-state index is -2.60. The van der Waals surface area contributed by atoms with E-state index in [0.717, 1.165) is 27.0 Å². The average molecular weight is 775 g/mol. The van der Waals surface area contributed by atoms with Crippen molar-refractivity contribution >= 4 is 58.1 Å². The van der Waals surface area contributed by atoms with Gasteiger partial charge in [-0.1, -0.05) is 170 Å². The Hall–Kier alpha value is -6.08. The molecule has 0 spiro atoms. The lowest BCUT2D eigenvalue weighted by atomic mass is 10.0. The number of benzene rings is 6. The van der Waals surface area contributed by atoms with Crippen molar-refractivity contribution in [3.63, 3.8) is 0 Å². The van der Waals surface area contributed by atoms with Gasteiger partial charge in [-0.25, -0.2) is 4.79 Å². The summed E-state index contributed by atoms with van der Waals surface area (Å²) in [7, 11) is 0. The van der Waals surface area contributed by atoms with Gasteiger partial charge in [0.25, 0.3) is 11.8 Å². The standard InChI is InChI=1S/C47H39N2O5PS/c50-41(31-53-37-23-11-3-12-24-37)48-42-45(51)49-43(47(52)54-44(34-19-7-1-8-20-34)35-21-9-2-10-22-35)36(33-56-46(42)49)32-55(38-25-13-4-14-26-38,39-27-15-5-16-28-39)40-29-17-6-18-30-40/h1-30,32,42,44,46H,31,33H2,(H,48,50)/t42?,46-/m1/s1. The number of nitrogens with one attached hydrogen (secondary N) is 1. The fourth-order valence-electron chi connectivity index (χ4n) is 7.25. The smallest absolute Gasteiger partial charge is 0.356 e. The average Bonchev–Trinajstić information content (AvgIpc) is 3.27. The summed E-state index contributed by atoms with van der Waals surface area (Å²) in [6.45, 7) is -2.84. The molecule has 0 radical (unpaired) electrons. The maximum Gasteiger partial charge on any atom is 0.356 e. The van der Waals surface area contributed by atoms with Crippen molar-refractivity contribution in [3.8, 4) is 5.75 Å². The van der Waals surface area contributed by atoms with Crippen LogP contribution in [0.3, 0.4) is 0 Å². The second-order valence-electron chi connectivity index (χ2n) is 13.4. The van der Waals surface area contributed by atoms with Crippen molar-refractivity contribution in [2.45, 2.75) is 17.5 Å². The minimum absolute atomic E-state index is 0.189. The fourth-order valence-corrected chi connectivity index (χ4v) is 12.6. The number of nitrogens with zero attached hydrogens (tertiary/aromatic N) is 1. The number of ether oxygens (including phenoxy) is 2. The van der Waals surface area contributed by atoms with Gasteiger partial charge in [-0.05, 0) is 57.4 Å². The first-order valence-electron chi connectivity index (χ1n) is 18.4. The van der Waals surface area contributed by atoms with Crippen molar-refractivity contribution in [1.29, 1.82) is 0 Å². The zero-order valence-corrected chi connectivity index (χ0v) is 32.1. The van der Waals surface area contributed by atoms with Crippen molar-refractivity contribution in [1.82, 2.24) is 10.2 Å². The summed E-state index contributed by atoms with van der Waals surface area (Å²) in [4.78, 5) is 43.9. The third-order valence-corrected chi connectivity index (χ3v) is 15.2. The van der Waals surface area contributed by atoms with E-state index in [1.807, 2.05) is 133 Å². The lowest BCUT2D eigenvalue weighted by Gasteiger charge is -2.49. The van der Waals surface area contributed by atoms with Crippen LogP contribution in [0.2, 0.25) is 0 Å². The number of thioether (sulfide) groups is 1. The highest BCUT2D eigenvalue weighted by molar-refractivity contribution is 8.00. The molecule has 9 heteroatoms. The van der Waals surface area contributed by atoms with Crippen LogP contribution in [-0.2, 0) is 19.1 Å². The summed E-state index contributed by atoms with van der Waals surface area (Å²) < 4.78 is 12.2. The third-order valence-electron chi connectivity index (χ3n) is 9.89. The SMILES string of the molecule is O=C(COc1ccccc1)NC1C(=O)N2C(C(=O)OC(c3ccccc3)c3ccccc3)=C(C=P(c3ccccc3)(c3ccccc3)c3ccccc3)CS[C@H]12. The molecule has 2 amide bonds. The van der Waals surface area contributed by atoms with Crippen LogP contribution >= 0.6 is 18.6 Å². The van der Waals surface area contributed by atoms with Crippen LogP contribution in [0.4, 0.5) is 0 Å². The molecule has 0 bridgehead atoms. The zero-order chi connectivity index (χ0) is 38.3. The number of esters is 1. The summed E-state index contributed by atoms with van der Waals surface area (Å²) in [5.41, 5.74) is 2.50. The van der Waals surface area contributed by atoms with E-state index in [1.54, 1.807) is 12.1 Å². The molecule has 2 atom stereocenters. The van der Waals surface area contributed by atoms with Crippen molar-refractivity contribution in [3.05, 3.63) is 204 Å². The second kappa shape index (κ2) is 16.7. The Morgan fingerprint density at radius 3 is 1.61 bits per heavy atom. The lowest BCUT2D eigenvalue weighted by Crippen LogP contribution is -2.71. The Morgan fingerprint density at radius 1 is 0.679 bits per heavy atom. The molecular formula is C47H39N2O5PS. The Kier molecular flexibility index (Phi) is 11.0. The lowest BCUT2D eigenvalue weighted by molar-refractivity contribution is -0.154. The van der Waals surface area contributed by atoms with E-state index in [1.165, 1.54) is 16.7 Å². The first-order chi connectivity index (χ1) is 27.5. The van der Waals surface area contributed by atoms with Crippen LogP contribution in [0, 0.1) is 0 Å². The normalized spacial score (nSPS) is 16.4. The van der Waals surface area contributed by atoms with Crippen molar-refractivity contribution in [2.24, 2.45) is 0 Å². The topological polar surface area (TPSA) is 84.9 Å². The highest BCUT2D eigenvalue weighted by Gasteiger charge is 2.54. The molecule has 6 aromatic rings. The van der Waals surface area contributed by atoms with Gasteiger partial charge in [0.1, 0.15) is 22.9 Å². The number of para-hydroxylation sites is 1. The summed E-state index contributed by atoms with van der Waals surface area (Å²) in [6, 6.07) is 58.5. The third kappa shape index (κ3) is 7.46. The predicted octanol–water partition coefficient (Wildman–Crippen LogP) is 6.85. The quantitative estimate of drug-likeness (QED) is 0.0833. The summed E-state index contributed by atoms with van der Waals surface area (Å²) in [5, 5.41) is 5.67. The van der Waals surface area contributed by atoms with Gasteiger partial charge < -0.3 is 14.8 Å². The first kappa shape index (κ1) is 36.9. The molecule has 0 aromatic heterocycles. The monoisotopic (exact) mass is 774 g/mol. The van der Waals surface area contributed by atoms with E-state index >= 15 is 0 Å². The van der Waals surface area contributed by atoms with E-state index in [-0.39, 0.29) is 18.2 Å². The Bertz CT molecular complexity index is 2250. The van der Waals surface area contributed by atoms with Crippen LogP contribution in [0.5, 0.6) is 5.75 Å². The van der Waals surface area contributed by atoms with Gasteiger partial charge in [-0.2, -0.15) is 0 Å². The van der Waals surface area contributed by atoms with E-state index in [9.17, 15) is 14.4 Å². The molecule has 2 heterocycles. The molecule has 278 valence electrons. The fraction of sp³-hybridized carbons (Fsp3) is 0.106. The number of fused-ring (bicyclic) bond motifs is 1. The Morgan fingerprint density at radius 2 is 1.12 bits per heavy atom. The van der Waals surface area contributed by atoms with Gasteiger partial charge in [0.15, 0.2) is 12.7 Å². The van der Waals surface area contributed by atoms with Gasteiger partial charge in [0.05, 0.1) is 0 Å². The van der Waals surface area contributed by atoms with Gasteiger partial charge in [0, 0.05) is 5.75 Å². The summed E-state index contributed by atoms with van der Waals surface area (Å²) >= 11 is 1.52. The van der Waals surface area contributed by atoms with Crippen molar-refractivity contribution < 1.29 is 23.9 Å². The minimum Gasteiger partial charge on any atom is -0.484 e. The zero-order valence-electron chi connectivity index (χ0n) is 30.4. The number of carbonyl (C=O) groups is 3. The molecule has 0 saturated carbocycles. The van der Waals surface area contributed by atoms with Gasteiger partial charge in [-0.15, -0.1) is 11.8 Å². The van der Waals surface area contributed by atoms with Gasteiger partial charge in [0.2, 0.25) is 0 Å². The van der Waals surface area contributed by atoms with E-state index in [2.05, 4.69) is 47.5 Å². The number of hydrogen-bond acceptors (Lipinski definition) is 6. The van der Waals surface area contributed by atoms with Crippen LogP contribution in [0.15, 0.2) is 193 Å². The molecule has 7 nitrogen and oxygen atoms in total. The molecule has 0 aliphatic carbocycles. The maximum absolute atomic E-state index is 15.0. The van der Waals surface area contributed by atoms with Crippen LogP contribution in [0.1, 0.15) is 17.2 Å². The maximum atomic E-state index is 15.0. The molecule has 1 fully saturated rings. The molecule has 6 aromatic carbocycles. The molecule has 2 aliphatic heterocycles. The van der Waals surface area contributed by atoms with Crippen LogP contribution in [-0.4, -0.2) is 52.3 Å². The highest BCUT2D eigenvalue weighted by Crippen LogP contribution is 2.48. The predicted molar refractivity (Wildman–Crippen MR) is 226 cm³/mol. The summed E-state index contributed by atoms with van der Waals surface area (Å²) in [6.07, 6.45) is -0.731. The molecule has 1 unspecified atom stereocenters. The number of β-lactam (4-membered cyclic amide) rings is 1. The van der Waals surface area contributed by atoms with E-state index < -0.39 is 36.3 Å². The highest BCUT2D eigenvalue weighted by atomic mass is 32.2. The second-order valence-corrected chi connectivity index (χ2v) is 17.8. The number of rotatable bonds is 12. The van der Waals surface area contributed by atoms with Crippen LogP contribution in [0.25, 0.3) is 0 Å². The molecule has 8 rings (SSSR count). The molecule has 1 saturated heterocycles. The van der Waals surface area contributed by atoms with E-state index in [0.29, 0.717) is 17.1 Å². The molecular weight excluding hydrogens is 736 g/mol. The Labute approximate surface area is 331 Å². The first-order valence-corrected chi connectivity index (χ1v) is 21.3.